The molecule has 0 heteroatoms. The normalized spacial score (nSPS) is 22.9. The molecule has 0 aromatic rings. The van der Waals surface area contributed by atoms with Gasteiger partial charge in [-0.3, -0.25) is 0 Å². The van der Waals surface area contributed by atoms with Crippen molar-refractivity contribution in [2.75, 3.05) is 0 Å². The van der Waals surface area contributed by atoms with Crippen LogP contribution in [0, 0.1) is 5.41 Å². The summed E-state index contributed by atoms with van der Waals surface area (Å²) in [7, 11) is 0. The van der Waals surface area contributed by atoms with E-state index in [-0.39, 0.29) is 0 Å². The Labute approximate surface area is 64.3 Å². The lowest BCUT2D eigenvalue weighted by atomic mass is 9.84. The first-order valence-electron chi connectivity index (χ1n) is 4.36. The van der Waals surface area contributed by atoms with Crippen LogP contribution in [-0.4, -0.2) is 0 Å². The Balaban J connectivity index is 2.57. The summed E-state index contributed by atoms with van der Waals surface area (Å²) in [4.78, 5) is 0. The van der Waals surface area contributed by atoms with Gasteiger partial charge in [-0.15, -0.1) is 0 Å². The van der Waals surface area contributed by atoms with E-state index in [1.807, 2.05) is 0 Å². The van der Waals surface area contributed by atoms with Gasteiger partial charge in [-0.1, -0.05) is 38.8 Å². The number of rotatable bonds is 2. The molecule has 0 heterocycles. The third-order valence-corrected chi connectivity index (χ3v) is 2.55. The molecule has 1 rings (SSSR count). The van der Waals surface area contributed by atoms with Gasteiger partial charge >= 0.3 is 0 Å². The Kier molecular flexibility index (Phi) is 2.18. The molecule has 1 aliphatic rings. The number of hydrogen-bond donors (Lipinski definition) is 0. The highest BCUT2D eigenvalue weighted by molar-refractivity contribution is 5.17. The average Bonchev–Trinajstić information content (AvgIpc) is 2.13. The van der Waals surface area contributed by atoms with E-state index in [4.69, 9.17) is 0 Å². The lowest BCUT2D eigenvalue weighted by Crippen LogP contribution is -2.09. The fourth-order valence-corrected chi connectivity index (χ4v) is 1.75. The average molecular weight is 138 g/mol. The molecule has 0 amide bonds. The number of hydrogen-bond acceptors (Lipinski definition) is 0. The fourth-order valence-electron chi connectivity index (χ4n) is 1.75. The maximum absolute atomic E-state index is 2.43. The van der Waals surface area contributed by atoms with Crippen LogP contribution in [0.5, 0.6) is 0 Å². The molecule has 0 unspecified atom stereocenters. The van der Waals surface area contributed by atoms with Gasteiger partial charge in [0.05, 0.1) is 0 Å². The van der Waals surface area contributed by atoms with Crippen molar-refractivity contribution in [1.82, 2.24) is 0 Å². The largest absolute Gasteiger partial charge is 0.0848 e. The molecule has 10 heavy (non-hydrogen) atoms. The SMILES string of the molecule is CCCC1=CCCC1(C)C. The molecule has 0 saturated heterocycles. The van der Waals surface area contributed by atoms with Crippen LogP contribution in [0.1, 0.15) is 46.5 Å². The van der Waals surface area contributed by atoms with E-state index in [2.05, 4.69) is 26.8 Å². The maximum Gasteiger partial charge on any atom is -0.0142 e. The Bertz CT molecular complexity index is 140. The molecule has 0 radical (unpaired) electrons. The zero-order valence-corrected chi connectivity index (χ0v) is 7.41. The van der Waals surface area contributed by atoms with Crippen LogP contribution in [0.2, 0.25) is 0 Å². The van der Waals surface area contributed by atoms with Gasteiger partial charge in [-0.05, 0) is 24.7 Å². The Morgan fingerprint density at radius 1 is 1.50 bits per heavy atom. The second kappa shape index (κ2) is 2.77. The van der Waals surface area contributed by atoms with Crippen LogP contribution in [0.4, 0.5) is 0 Å². The fraction of sp³-hybridized carbons (Fsp3) is 0.800. The second-order valence-electron chi connectivity index (χ2n) is 3.90. The highest BCUT2D eigenvalue weighted by Crippen LogP contribution is 2.39. The molecule has 0 spiro atoms. The third kappa shape index (κ3) is 1.42. The number of allylic oxidation sites excluding steroid dienone is 2. The van der Waals surface area contributed by atoms with Crippen LogP contribution >= 0.6 is 0 Å². The molecule has 0 fully saturated rings. The molecule has 0 saturated carbocycles. The minimum absolute atomic E-state index is 0.524. The van der Waals surface area contributed by atoms with Gasteiger partial charge < -0.3 is 0 Å². The van der Waals surface area contributed by atoms with Crippen LogP contribution in [0.3, 0.4) is 0 Å². The van der Waals surface area contributed by atoms with Gasteiger partial charge in [0.1, 0.15) is 0 Å². The van der Waals surface area contributed by atoms with Gasteiger partial charge in [0.2, 0.25) is 0 Å². The zero-order valence-electron chi connectivity index (χ0n) is 7.41. The minimum atomic E-state index is 0.524. The summed E-state index contributed by atoms with van der Waals surface area (Å²) >= 11 is 0. The van der Waals surface area contributed by atoms with Crippen molar-refractivity contribution in [3.8, 4) is 0 Å². The molecule has 58 valence electrons. The van der Waals surface area contributed by atoms with E-state index in [0.29, 0.717) is 5.41 Å². The Morgan fingerprint density at radius 2 is 2.20 bits per heavy atom. The van der Waals surface area contributed by atoms with E-state index in [9.17, 15) is 0 Å². The van der Waals surface area contributed by atoms with E-state index in [0.717, 1.165) is 0 Å². The zero-order chi connectivity index (χ0) is 7.61. The van der Waals surface area contributed by atoms with Gasteiger partial charge in [-0.25, -0.2) is 0 Å². The van der Waals surface area contributed by atoms with Gasteiger partial charge in [0.15, 0.2) is 0 Å². The van der Waals surface area contributed by atoms with Crippen LogP contribution in [-0.2, 0) is 0 Å². The first kappa shape index (κ1) is 7.84. The minimum Gasteiger partial charge on any atom is -0.0848 e. The molecule has 0 bridgehead atoms. The molecular weight excluding hydrogens is 120 g/mol. The summed E-state index contributed by atoms with van der Waals surface area (Å²) in [6, 6.07) is 0. The van der Waals surface area contributed by atoms with Crippen molar-refractivity contribution in [3.63, 3.8) is 0 Å². The van der Waals surface area contributed by atoms with Gasteiger partial charge in [0.25, 0.3) is 0 Å². The first-order chi connectivity index (χ1) is 4.67. The molecule has 0 N–H and O–H groups in total. The first-order valence-corrected chi connectivity index (χ1v) is 4.36. The molecule has 0 aliphatic heterocycles. The molecular formula is C10H18. The highest BCUT2D eigenvalue weighted by Gasteiger charge is 2.25. The van der Waals surface area contributed by atoms with Crippen molar-refractivity contribution < 1.29 is 0 Å². The van der Waals surface area contributed by atoms with Gasteiger partial charge in [0, 0.05) is 0 Å². The molecule has 1 aliphatic carbocycles. The second-order valence-corrected chi connectivity index (χ2v) is 3.90. The topological polar surface area (TPSA) is 0 Å². The van der Waals surface area contributed by atoms with E-state index in [1.54, 1.807) is 5.57 Å². The molecule has 0 aromatic carbocycles. The smallest absolute Gasteiger partial charge is 0.0142 e. The Morgan fingerprint density at radius 3 is 2.60 bits per heavy atom. The molecule has 0 nitrogen and oxygen atoms in total. The molecule has 0 aromatic heterocycles. The standard InChI is InChI=1S/C10H18/c1-4-6-9-7-5-8-10(9,2)3/h7H,4-6,8H2,1-3H3. The van der Waals surface area contributed by atoms with E-state index in [1.165, 1.54) is 25.7 Å². The van der Waals surface area contributed by atoms with Crippen molar-refractivity contribution in [1.29, 1.82) is 0 Å². The van der Waals surface area contributed by atoms with Crippen LogP contribution in [0.25, 0.3) is 0 Å². The van der Waals surface area contributed by atoms with E-state index >= 15 is 0 Å². The van der Waals surface area contributed by atoms with Crippen molar-refractivity contribution in [2.45, 2.75) is 46.5 Å². The van der Waals surface area contributed by atoms with E-state index < -0.39 is 0 Å². The maximum atomic E-state index is 2.43. The van der Waals surface area contributed by atoms with Crippen molar-refractivity contribution in [2.24, 2.45) is 5.41 Å². The summed E-state index contributed by atoms with van der Waals surface area (Å²) < 4.78 is 0. The highest BCUT2D eigenvalue weighted by atomic mass is 14.3. The monoisotopic (exact) mass is 138 g/mol. The predicted octanol–water partition coefficient (Wildman–Crippen LogP) is 3.53. The predicted molar refractivity (Wildman–Crippen MR) is 46.0 cm³/mol. The lowest BCUT2D eigenvalue weighted by molar-refractivity contribution is 0.427. The van der Waals surface area contributed by atoms with Crippen LogP contribution in [0.15, 0.2) is 11.6 Å². The summed E-state index contributed by atoms with van der Waals surface area (Å²) in [5.74, 6) is 0. The van der Waals surface area contributed by atoms with Crippen LogP contribution < -0.4 is 0 Å². The lowest BCUT2D eigenvalue weighted by Gasteiger charge is -2.21. The van der Waals surface area contributed by atoms with Crippen molar-refractivity contribution >= 4 is 0 Å². The quantitative estimate of drug-likeness (QED) is 0.512. The summed E-state index contributed by atoms with van der Waals surface area (Å²) in [5.41, 5.74) is 2.21. The summed E-state index contributed by atoms with van der Waals surface area (Å²) in [5, 5.41) is 0. The third-order valence-electron chi connectivity index (χ3n) is 2.55. The molecule has 0 atom stereocenters. The summed E-state index contributed by atoms with van der Waals surface area (Å²) in [6.07, 6.45) is 7.72. The van der Waals surface area contributed by atoms with Gasteiger partial charge in [-0.2, -0.15) is 0 Å². The van der Waals surface area contributed by atoms with Crippen molar-refractivity contribution in [3.05, 3.63) is 11.6 Å². The summed E-state index contributed by atoms with van der Waals surface area (Å²) in [6.45, 7) is 6.98. The Hall–Kier alpha value is -0.260.